The maximum Gasteiger partial charge on any atom is 0.0502 e. The van der Waals surface area contributed by atoms with Gasteiger partial charge in [0.2, 0.25) is 0 Å². The van der Waals surface area contributed by atoms with Crippen LogP contribution in [-0.2, 0) is 0 Å². The largest absolute Gasteiger partial charge is 0.355 e. The number of hydrogen-bond donors (Lipinski definition) is 2. The van der Waals surface area contributed by atoms with E-state index in [9.17, 15) is 0 Å². The Morgan fingerprint density at radius 3 is 1.57 bits per heavy atom. The average molecular weight is 534 g/mol. The van der Waals surface area contributed by atoms with Crippen LogP contribution in [0, 0.1) is 0 Å². The third-order valence-electron chi connectivity index (χ3n) is 6.93. The molecule has 192 valence electrons. The number of rotatable bonds is 7. The van der Waals surface area contributed by atoms with E-state index < -0.39 is 0 Å². The highest BCUT2D eigenvalue weighted by atomic mass is 32.1. The number of nitrogens with zero attached hydrogens (tertiary/aromatic N) is 1. The van der Waals surface area contributed by atoms with E-state index in [0.717, 1.165) is 39.8 Å². The predicted molar refractivity (Wildman–Crippen MR) is 173 cm³/mol. The molecule has 0 aliphatic rings. The summed E-state index contributed by atoms with van der Waals surface area (Å²) in [7, 11) is 0. The normalized spacial score (nSPS) is 11.0. The van der Waals surface area contributed by atoms with E-state index in [2.05, 4.69) is 131 Å². The Labute approximate surface area is 238 Å². The monoisotopic (exact) mass is 533 g/mol. The molecule has 40 heavy (non-hydrogen) atoms. The Balaban J connectivity index is 1.39. The van der Waals surface area contributed by atoms with Gasteiger partial charge < -0.3 is 15.5 Å². The first-order valence-corrected chi connectivity index (χ1v) is 14.2. The summed E-state index contributed by atoms with van der Waals surface area (Å²) >= 11 is 1.84. The van der Waals surface area contributed by atoms with Crippen LogP contribution in [0.1, 0.15) is 0 Å². The number of hydrogen-bond acceptors (Lipinski definition) is 4. The summed E-state index contributed by atoms with van der Waals surface area (Å²) in [6.45, 7) is 0. The van der Waals surface area contributed by atoms with E-state index in [1.54, 1.807) is 0 Å². The van der Waals surface area contributed by atoms with Crippen LogP contribution in [0.25, 0.3) is 20.2 Å². The topological polar surface area (TPSA) is 27.3 Å². The molecule has 2 N–H and O–H groups in total. The lowest BCUT2D eigenvalue weighted by molar-refractivity contribution is 1.29. The summed E-state index contributed by atoms with van der Waals surface area (Å²) in [5, 5.41) is 9.80. The Kier molecular flexibility index (Phi) is 6.36. The molecule has 3 nitrogen and oxygen atoms in total. The Hall–Kier alpha value is -5.06. The second kappa shape index (κ2) is 10.6. The molecular weight excluding hydrogens is 506 g/mol. The number of benzene rings is 6. The van der Waals surface area contributed by atoms with Crippen LogP contribution in [0.5, 0.6) is 0 Å². The first-order chi connectivity index (χ1) is 19.8. The molecule has 0 saturated carbocycles. The molecule has 6 aromatic carbocycles. The van der Waals surface area contributed by atoms with Crippen LogP contribution in [0.15, 0.2) is 152 Å². The minimum absolute atomic E-state index is 1.00. The fourth-order valence-electron chi connectivity index (χ4n) is 5.14. The smallest absolute Gasteiger partial charge is 0.0502 e. The molecular formula is C36H27N3S. The van der Waals surface area contributed by atoms with Gasteiger partial charge in [0, 0.05) is 54.3 Å². The van der Waals surface area contributed by atoms with Gasteiger partial charge in [-0.1, -0.05) is 72.8 Å². The van der Waals surface area contributed by atoms with Crippen LogP contribution >= 0.6 is 11.3 Å². The Morgan fingerprint density at radius 2 is 0.925 bits per heavy atom. The highest BCUT2D eigenvalue weighted by molar-refractivity contribution is 7.25. The minimum Gasteiger partial charge on any atom is -0.355 e. The molecule has 1 heterocycles. The fourth-order valence-corrected chi connectivity index (χ4v) is 6.22. The van der Waals surface area contributed by atoms with Crippen LogP contribution in [0.2, 0.25) is 0 Å². The van der Waals surface area contributed by atoms with E-state index in [1.807, 2.05) is 47.7 Å². The van der Waals surface area contributed by atoms with Gasteiger partial charge in [-0.25, -0.2) is 0 Å². The summed E-state index contributed by atoms with van der Waals surface area (Å²) in [6, 6.07) is 53.2. The first kappa shape index (κ1) is 24.0. The number of anilines is 7. The summed E-state index contributed by atoms with van der Waals surface area (Å²) in [4.78, 5) is 2.33. The highest BCUT2D eigenvalue weighted by Crippen LogP contribution is 2.42. The lowest BCUT2D eigenvalue weighted by Crippen LogP contribution is -2.10. The van der Waals surface area contributed by atoms with E-state index in [0.29, 0.717) is 0 Å². The Morgan fingerprint density at radius 1 is 0.375 bits per heavy atom. The number of fused-ring (bicyclic) bond motifs is 3. The lowest BCUT2D eigenvalue weighted by Gasteiger charge is -2.27. The third kappa shape index (κ3) is 4.89. The molecule has 0 radical (unpaired) electrons. The number of nitrogens with one attached hydrogen (secondary N) is 2. The predicted octanol–water partition coefficient (Wildman–Crippen LogP) is 11.0. The van der Waals surface area contributed by atoms with E-state index in [4.69, 9.17) is 0 Å². The molecule has 0 aliphatic carbocycles. The van der Waals surface area contributed by atoms with Gasteiger partial charge >= 0.3 is 0 Å². The highest BCUT2D eigenvalue weighted by Gasteiger charge is 2.16. The van der Waals surface area contributed by atoms with Gasteiger partial charge in [-0.05, 0) is 78.9 Å². The molecule has 4 heteroatoms. The minimum atomic E-state index is 1.00. The fraction of sp³-hybridized carbons (Fsp3) is 0. The molecule has 0 bridgehead atoms. The van der Waals surface area contributed by atoms with E-state index in [-0.39, 0.29) is 0 Å². The molecule has 0 unspecified atom stereocenters. The molecule has 0 fully saturated rings. The van der Waals surface area contributed by atoms with Crippen molar-refractivity contribution in [1.82, 2.24) is 0 Å². The van der Waals surface area contributed by atoms with Crippen molar-refractivity contribution in [1.29, 1.82) is 0 Å². The van der Waals surface area contributed by atoms with Crippen molar-refractivity contribution < 1.29 is 0 Å². The van der Waals surface area contributed by atoms with Crippen LogP contribution in [0.4, 0.5) is 39.8 Å². The second-order valence-electron chi connectivity index (χ2n) is 9.70. The summed E-state index contributed by atoms with van der Waals surface area (Å²) in [5.41, 5.74) is 7.37. The molecule has 0 aliphatic heterocycles. The zero-order valence-electron chi connectivity index (χ0n) is 21.8. The summed E-state index contributed by atoms with van der Waals surface area (Å²) < 4.78 is 2.60. The van der Waals surface area contributed by atoms with Crippen LogP contribution in [-0.4, -0.2) is 0 Å². The molecule has 7 rings (SSSR count). The van der Waals surface area contributed by atoms with Crippen molar-refractivity contribution in [3.8, 4) is 0 Å². The van der Waals surface area contributed by atoms with Gasteiger partial charge in [0.1, 0.15) is 0 Å². The maximum atomic E-state index is 3.61. The zero-order chi connectivity index (χ0) is 26.7. The Bertz CT molecular complexity index is 1840. The number of thiophene rings is 1. The molecule has 0 atom stereocenters. The first-order valence-electron chi connectivity index (χ1n) is 13.4. The van der Waals surface area contributed by atoms with Gasteiger partial charge in [-0.2, -0.15) is 0 Å². The van der Waals surface area contributed by atoms with Gasteiger partial charge in [-0.3, -0.25) is 0 Å². The molecule has 0 amide bonds. The van der Waals surface area contributed by atoms with Crippen LogP contribution in [0.3, 0.4) is 0 Å². The SMILES string of the molecule is c1ccc(Nc2cc(Nc3ccccc3)cc(N(c3ccccc3)c3ccc4sc5ccccc5c4c3)c2)cc1. The standard InChI is InChI=1S/C36H27N3S/c1-4-12-26(13-5-1)37-28-22-29(38-27-14-6-2-7-15-27)24-32(23-28)39(30-16-8-3-9-17-30)31-20-21-36-34(25-31)33-18-10-11-19-35(33)40-36/h1-25,37-38H. The van der Waals surface area contributed by atoms with Crippen molar-refractivity contribution in [2.45, 2.75) is 0 Å². The molecule has 0 spiro atoms. The van der Waals surface area contributed by atoms with E-state index >= 15 is 0 Å². The number of para-hydroxylation sites is 3. The summed E-state index contributed by atoms with van der Waals surface area (Å²) in [6.07, 6.45) is 0. The van der Waals surface area contributed by atoms with Crippen molar-refractivity contribution >= 4 is 71.3 Å². The molecule has 0 saturated heterocycles. The maximum absolute atomic E-state index is 3.61. The molecule has 7 aromatic rings. The average Bonchev–Trinajstić information content (AvgIpc) is 3.37. The third-order valence-corrected chi connectivity index (χ3v) is 8.09. The molecule has 1 aromatic heterocycles. The van der Waals surface area contributed by atoms with Crippen molar-refractivity contribution in [2.75, 3.05) is 15.5 Å². The van der Waals surface area contributed by atoms with Gasteiger partial charge in [0.15, 0.2) is 0 Å². The van der Waals surface area contributed by atoms with Crippen molar-refractivity contribution in [3.05, 3.63) is 152 Å². The van der Waals surface area contributed by atoms with Crippen molar-refractivity contribution in [3.63, 3.8) is 0 Å². The summed E-state index contributed by atoms with van der Waals surface area (Å²) in [5.74, 6) is 0. The second-order valence-corrected chi connectivity index (χ2v) is 10.8. The van der Waals surface area contributed by atoms with Crippen LogP contribution < -0.4 is 15.5 Å². The van der Waals surface area contributed by atoms with Crippen molar-refractivity contribution in [2.24, 2.45) is 0 Å². The quantitative estimate of drug-likeness (QED) is 0.213. The van der Waals surface area contributed by atoms with E-state index in [1.165, 1.54) is 20.2 Å². The zero-order valence-corrected chi connectivity index (χ0v) is 22.6. The van der Waals surface area contributed by atoms with Gasteiger partial charge in [0.25, 0.3) is 0 Å². The lowest BCUT2D eigenvalue weighted by atomic mass is 10.1. The van der Waals surface area contributed by atoms with Gasteiger partial charge in [-0.15, -0.1) is 11.3 Å². The van der Waals surface area contributed by atoms with Gasteiger partial charge in [0.05, 0.1) is 5.69 Å².